The molecule has 0 unspecified atom stereocenters. The number of carbonyl (C=O) groups is 2. The zero-order chi connectivity index (χ0) is 19.2. The normalized spacial score (nSPS) is 12.4. The van der Waals surface area contributed by atoms with E-state index in [1.165, 1.54) is 24.3 Å². The van der Waals surface area contributed by atoms with Crippen LogP contribution in [-0.4, -0.2) is 38.3 Å². The van der Waals surface area contributed by atoms with Crippen LogP contribution in [0.25, 0.3) is 0 Å². The van der Waals surface area contributed by atoms with Crippen molar-refractivity contribution < 1.29 is 37.3 Å². The van der Waals surface area contributed by atoms with Gasteiger partial charge in [0.1, 0.15) is 19.0 Å². The first-order valence-corrected chi connectivity index (χ1v) is 7.93. The van der Waals surface area contributed by atoms with Gasteiger partial charge in [-0.2, -0.15) is 8.78 Å². The lowest BCUT2D eigenvalue weighted by atomic mass is 10.2. The summed E-state index contributed by atoms with van der Waals surface area (Å²) in [6, 6.07) is 9.84. The number of ether oxygens (including phenoxy) is 4. The molecule has 0 atom stereocenters. The van der Waals surface area contributed by atoms with Crippen LogP contribution in [0, 0.1) is 0 Å². The van der Waals surface area contributed by atoms with Crippen molar-refractivity contribution in [2.24, 2.45) is 0 Å². The van der Waals surface area contributed by atoms with E-state index in [0.29, 0.717) is 30.4 Å². The molecular formula is C18H15F2NO6. The van der Waals surface area contributed by atoms with Gasteiger partial charge in [0.05, 0.1) is 5.56 Å². The SMILES string of the molecule is O=C(COC(=O)c1ccc(OC(F)F)cc1)Nc1ccc2c(c1)OCCO2. The van der Waals surface area contributed by atoms with Crippen molar-refractivity contribution >= 4 is 17.6 Å². The first-order valence-electron chi connectivity index (χ1n) is 7.93. The van der Waals surface area contributed by atoms with Crippen LogP contribution in [0.3, 0.4) is 0 Å². The van der Waals surface area contributed by atoms with Crippen LogP contribution in [0.15, 0.2) is 42.5 Å². The minimum Gasteiger partial charge on any atom is -0.486 e. The molecule has 1 aliphatic heterocycles. The van der Waals surface area contributed by atoms with E-state index in [2.05, 4.69) is 10.1 Å². The molecular weight excluding hydrogens is 364 g/mol. The summed E-state index contributed by atoms with van der Waals surface area (Å²) in [5, 5.41) is 2.57. The molecule has 9 heteroatoms. The van der Waals surface area contributed by atoms with Gasteiger partial charge < -0.3 is 24.3 Å². The summed E-state index contributed by atoms with van der Waals surface area (Å²) < 4.78 is 44.1. The summed E-state index contributed by atoms with van der Waals surface area (Å²) in [6.45, 7) is -2.58. The Hall–Kier alpha value is -3.36. The Labute approximate surface area is 152 Å². The topological polar surface area (TPSA) is 83.1 Å². The first-order chi connectivity index (χ1) is 13.0. The second-order valence-corrected chi connectivity index (χ2v) is 5.39. The van der Waals surface area contributed by atoms with E-state index >= 15 is 0 Å². The van der Waals surface area contributed by atoms with Gasteiger partial charge in [0.15, 0.2) is 18.1 Å². The maximum atomic E-state index is 12.1. The predicted molar refractivity (Wildman–Crippen MR) is 89.4 cm³/mol. The summed E-state index contributed by atoms with van der Waals surface area (Å²) in [7, 11) is 0. The second-order valence-electron chi connectivity index (χ2n) is 5.39. The predicted octanol–water partition coefficient (Wildman–Crippen LogP) is 2.85. The van der Waals surface area contributed by atoms with Crippen LogP contribution < -0.4 is 19.5 Å². The number of nitrogens with one attached hydrogen (secondary N) is 1. The molecule has 2 aromatic rings. The molecule has 3 rings (SSSR count). The third kappa shape index (κ3) is 5.06. The van der Waals surface area contributed by atoms with Gasteiger partial charge in [0.25, 0.3) is 5.91 Å². The second kappa shape index (κ2) is 8.35. The van der Waals surface area contributed by atoms with Crippen molar-refractivity contribution in [1.29, 1.82) is 0 Å². The van der Waals surface area contributed by atoms with Crippen LogP contribution >= 0.6 is 0 Å². The highest BCUT2D eigenvalue weighted by molar-refractivity contribution is 5.95. The van der Waals surface area contributed by atoms with Gasteiger partial charge >= 0.3 is 12.6 Å². The van der Waals surface area contributed by atoms with Crippen LogP contribution in [0.5, 0.6) is 17.2 Å². The molecule has 0 saturated carbocycles. The Balaban J connectivity index is 1.50. The number of anilines is 1. The van der Waals surface area contributed by atoms with Crippen molar-refractivity contribution in [2.75, 3.05) is 25.1 Å². The lowest BCUT2D eigenvalue weighted by Gasteiger charge is -2.19. The van der Waals surface area contributed by atoms with Crippen molar-refractivity contribution in [3.8, 4) is 17.2 Å². The van der Waals surface area contributed by atoms with Crippen LogP contribution in [-0.2, 0) is 9.53 Å². The lowest BCUT2D eigenvalue weighted by molar-refractivity contribution is -0.119. The molecule has 1 N–H and O–H groups in total. The fourth-order valence-electron chi connectivity index (χ4n) is 2.31. The number of benzene rings is 2. The Morgan fingerprint density at radius 1 is 1.04 bits per heavy atom. The maximum absolute atomic E-state index is 12.1. The molecule has 0 spiro atoms. The highest BCUT2D eigenvalue weighted by atomic mass is 19.3. The largest absolute Gasteiger partial charge is 0.486 e. The maximum Gasteiger partial charge on any atom is 0.387 e. The zero-order valence-corrected chi connectivity index (χ0v) is 13.9. The molecule has 2 aromatic carbocycles. The molecule has 0 aromatic heterocycles. The van der Waals surface area contributed by atoms with Crippen molar-refractivity contribution in [3.05, 3.63) is 48.0 Å². The number of fused-ring (bicyclic) bond motifs is 1. The van der Waals surface area contributed by atoms with Crippen molar-refractivity contribution in [2.45, 2.75) is 6.61 Å². The van der Waals surface area contributed by atoms with Gasteiger partial charge in [-0.1, -0.05) is 0 Å². The van der Waals surface area contributed by atoms with E-state index in [4.69, 9.17) is 14.2 Å². The van der Waals surface area contributed by atoms with Crippen LogP contribution in [0.1, 0.15) is 10.4 Å². The Bertz CT molecular complexity index is 825. The van der Waals surface area contributed by atoms with E-state index < -0.39 is 25.1 Å². The number of carbonyl (C=O) groups excluding carboxylic acids is 2. The number of amides is 1. The quantitative estimate of drug-likeness (QED) is 0.777. The standard InChI is InChI=1S/C18H15F2NO6/c19-18(20)27-13-4-1-11(2-5-13)17(23)26-10-16(22)21-12-3-6-14-15(9-12)25-8-7-24-14/h1-6,9,18H,7-8,10H2,(H,21,22). The fraction of sp³-hybridized carbons (Fsp3) is 0.222. The summed E-state index contributed by atoms with van der Waals surface area (Å²) >= 11 is 0. The number of alkyl halides is 2. The number of rotatable bonds is 6. The summed E-state index contributed by atoms with van der Waals surface area (Å²) in [5.74, 6) is -0.293. The van der Waals surface area contributed by atoms with E-state index in [1.54, 1.807) is 18.2 Å². The molecule has 1 aliphatic rings. The zero-order valence-electron chi connectivity index (χ0n) is 13.9. The average Bonchev–Trinajstić information content (AvgIpc) is 2.66. The highest BCUT2D eigenvalue weighted by Gasteiger charge is 2.14. The first kappa shape index (κ1) is 18.4. The molecule has 0 saturated heterocycles. The van der Waals surface area contributed by atoms with Gasteiger partial charge in [-0.05, 0) is 36.4 Å². The van der Waals surface area contributed by atoms with Crippen molar-refractivity contribution in [1.82, 2.24) is 0 Å². The fourth-order valence-corrected chi connectivity index (χ4v) is 2.31. The third-order valence-electron chi connectivity index (χ3n) is 3.48. The van der Waals surface area contributed by atoms with E-state index in [9.17, 15) is 18.4 Å². The molecule has 0 radical (unpaired) electrons. The molecule has 142 valence electrons. The van der Waals surface area contributed by atoms with Gasteiger partial charge in [0.2, 0.25) is 0 Å². The number of halogens is 2. The molecule has 27 heavy (non-hydrogen) atoms. The smallest absolute Gasteiger partial charge is 0.387 e. The van der Waals surface area contributed by atoms with E-state index in [1.807, 2.05) is 0 Å². The Kier molecular flexibility index (Phi) is 5.70. The molecule has 1 amide bonds. The Morgan fingerprint density at radius 3 is 2.44 bits per heavy atom. The summed E-state index contributed by atoms with van der Waals surface area (Å²) in [5.41, 5.74) is 0.567. The Morgan fingerprint density at radius 2 is 1.74 bits per heavy atom. The summed E-state index contributed by atoms with van der Waals surface area (Å²) in [4.78, 5) is 23.8. The molecule has 1 heterocycles. The minimum absolute atomic E-state index is 0.0853. The molecule has 7 nitrogen and oxygen atoms in total. The van der Waals surface area contributed by atoms with E-state index in [-0.39, 0.29) is 11.3 Å². The minimum atomic E-state index is -2.95. The number of hydrogen-bond acceptors (Lipinski definition) is 6. The van der Waals surface area contributed by atoms with Crippen LogP contribution in [0.2, 0.25) is 0 Å². The van der Waals surface area contributed by atoms with Gasteiger partial charge in [-0.3, -0.25) is 4.79 Å². The molecule has 0 fully saturated rings. The van der Waals surface area contributed by atoms with E-state index in [0.717, 1.165) is 0 Å². The number of esters is 1. The summed E-state index contributed by atoms with van der Waals surface area (Å²) in [6.07, 6.45) is 0. The highest BCUT2D eigenvalue weighted by Crippen LogP contribution is 2.32. The van der Waals surface area contributed by atoms with Crippen molar-refractivity contribution in [3.63, 3.8) is 0 Å². The average molecular weight is 379 g/mol. The van der Waals surface area contributed by atoms with Crippen LogP contribution in [0.4, 0.5) is 14.5 Å². The third-order valence-corrected chi connectivity index (χ3v) is 3.48. The number of hydrogen-bond donors (Lipinski definition) is 1. The lowest BCUT2D eigenvalue weighted by Crippen LogP contribution is -2.21. The monoisotopic (exact) mass is 379 g/mol. The van der Waals surface area contributed by atoms with Gasteiger partial charge in [0, 0.05) is 11.8 Å². The van der Waals surface area contributed by atoms with Gasteiger partial charge in [-0.15, -0.1) is 0 Å². The molecule has 0 aliphatic carbocycles. The van der Waals surface area contributed by atoms with Gasteiger partial charge in [-0.25, -0.2) is 4.79 Å². The molecule has 0 bridgehead atoms.